The fourth-order valence-corrected chi connectivity index (χ4v) is 4.07. The van der Waals surface area contributed by atoms with Gasteiger partial charge in [-0.15, -0.1) is 11.3 Å². The van der Waals surface area contributed by atoms with E-state index in [1.165, 1.54) is 31.0 Å². The normalized spacial score (nSPS) is 14.8. The number of aryl methyl sites for hydroxylation is 1. The molecule has 0 radical (unpaired) electrons. The van der Waals surface area contributed by atoms with Gasteiger partial charge >= 0.3 is 0 Å². The minimum atomic E-state index is -0.170. The van der Waals surface area contributed by atoms with E-state index in [0.29, 0.717) is 0 Å². The molecular weight excluding hydrogens is 356 g/mol. The van der Waals surface area contributed by atoms with E-state index in [1.807, 2.05) is 36.8 Å². The van der Waals surface area contributed by atoms with Gasteiger partial charge in [0.1, 0.15) is 0 Å². The number of fused-ring (bicyclic) bond motifs is 1. The number of carbonyl (C=O) groups is 1. The van der Waals surface area contributed by atoms with E-state index < -0.39 is 0 Å². The van der Waals surface area contributed by atoms with Gasteiger partial charge in [0.15, 0.2) is 0 Å². The van der Waals surface area contributed by atoms with Crippen LogP contribution in [0.25, 0.3) is 16.8 Å². The summed E-state index contributed by atoms with van der Waals surface area (Å²) in [6, 6.07) is 6.12. The van der Waals surface area contributed by atoms with Gasteiger partial charge in [0.2, 0.25) is 5.91 Å². The van der Waals surface area contributed by atoms with Crippen molar-refractivity contribution in [3.63, 3.8) is 0 Å². The Morgan fingerprint density at radius 2 is 2.04 bits per heavy atom. The van der Waals surface area contributed by atoms with Crippen LogP contribution in [-0.2, 0) is 4.79 Å². The Balaban J connectivity index is 1.58. The van der Waals surface area contributed by atoms with Gasteiger partial charge in [0.05, 0.1) is 16.4 Å². The van der Waals surface area contributed by atoms with Crippen LogP contribution in [0.3, 0.4) is 0 Å². The molecular formula is C21H22N4OS. The molecule has 0 unspecified atom stereocenters. The van der Waals surface area contributed by atoms with Gasteiger partial charge in [-0.2, -0.15) is 0 Å². The summed E-state index contributed by atoms with van der Waals surface area (Å²) < 4.78 is 0. The first-order valence-electron chi connectivity index (χ1n) is 9.23. The summed E-state index contributed by atoms with van der Waals surface area (Å²) in [5, 5.41) is 8.00. The van der Waals surface area contributed by atoms with Crippen molar-refractivity contribution in [2.45, 2.75) is 26.2 Å². The van der Waals surface area contributed by atoms with E-state index in [2.05, 4.69) is 26.3 Å². The lowest BCUT2D eigenvalue weighted by atomic mass is 10.1. The van der Waals surface area contributed by atoms with Crippen molar-refractivity contribution in [1.82, 2.24) is 9.97 Å². The monoisotopic (exact) mass is 378 g/mol. The third kappa shape index (κ3) is 4.01. The number of rotatable bonds is 4. The smallest absolute Gasteiger partial charge is 0.248 e. The summed E-state index contributed by atoms with van der Waals surface area (Å²) in [6.07, 6.45) is 10.7. The summed E-state index contributed by atoms with van der Waals surface area (Å²) in [5.74, 6) is -0.170. The van der Waals surface area contributed by atoms with Crippen LogP contribution in [-0.4, -0.2) is 29.0 Å². The van der Waals surface area contributed by atoms with Crippen molar-refractivity contribution in [2.75, 3.05) is 23.3 Å². The highest BCUT2D eigenvalue weighted by atomic mass is 32.1. The zero-order valence-corrected chi connectivity index (χ0v) is 16.1. The number of nitrogens with one attached hydrogen (secondary N) is 1. The molecule has 1 aliphatic rings. The molecule has 27 heavy (non-hydrogen) atoms. The molecule has 1 aliphatic heterocycles. The fraction of sp³-hybridized carbons (Fsp3) is 0.286. The van der Waals surface area contributed by atoms with Crippen molar-refractivity contribution >= 4 is 45.5 Å². The zero-order chi connectivity index (χ0) is 18.6. The Morgan fingerprint density at radius 1 is 1.19 bits per heavy atom. The molecule has 0 atom stereocenters. The standard InChI is InChI=1S/C21H22N4OS/c1-15-23-16(14-27-15)5-8-21(26)24-19-6-7-20(25-11-3-2-4-12-25)17-9-10-22-13-18(17)19/h5-10,13-14H,2-4,11-12H2,1H3,(H,24,26)/b8-5-. The Labute approximate surface area is 162 Å². The number of aromatic nitrogens is 2. The maximum absolute atomic E-state index is 12.4. The lowest BCUT2D eigenvalue weighted by molar-refractivity contribution is -0.111. The molecule has 0 saturated carbocycles. The van der Waals surface area contributed by atoms with E-state index in [1.54, 1.807) is 17.4 Å². The van der Waals surface area contributed by atoms with E-state index in [9.17, 15) is 4.79 Å². The first kappa shape index (κ1) is 17.7. The average molecular weight is 379 g/mol. The quantitative estimate of drug-likeness (QED) is 0.672. The Kier molecular flexibility index (Phi) is 5.16. The van der Waals surface area contributed by atoms with Crippen molar-refractivity contribution in [2.24, 2.45) is 0 Å². The molecule has 1 fully saturated rings. The molecule has 4 rings (SSSR count). The SMILES string of the molecule is Cc1nc(/C=C\C(=O)Nc2ccc(N3CCCCC3)c3ccncc23)cs1. The van der Waals surface area contributed by atoms with Crippen molar-refractivity contribution < 1.29 is 4.79 Å². The maximum atomic E-state index is 12.4. The number of nitrogens with zero attached hydrogens (tertiary/aromatic N) is 3. The minimum Gasteiger partial charge on any atom is -0.371 e. The van der Waals surface area contributed by atoms with Crippen LogP contribution in [0.1, 0.15) is 30.0 Å². The van der Waals surface area contributed by atoms with Gasteiger partial charge in [-0.25, -0.2) is 4.98 Å². The van der Waals surface area contributed by atoms with Gasteiger partial charge < -0.3 is 10.2 Å². The number of piperidine rings is 1. The predicted molar refractivity (Wildman–Crippen MR) is 112 cm³/mol. The highest BCUT2D eigenvalue weighted by Gasteiger charge is 2.15. The lowest BCUT2D eigenvalue weighted by Crippen LogP contribution is -2.29. The number of hydrogen-bond donors (Lipinski definition) is 1. The first-order valence-corrected chi connectivity index (χ1v) is 10.1. The molecule has 2 aromatic heterocycles. The molecule has 0 aliphatic carbocycles. The van der Waals surface area contributed by atoms with Gasteiger partial charge in [-0.3, -0.25) is 9.78 Å². The van der Waals surface area contributed by atoms with Crippen LogP contribution in [0.4, 0.5) is 11.4 Å². The molecule has 0 bridgehead atoms. The van der Waals surface area contributed by atoms with Crippen LogP contribution in [0.5, 0.6) is 0 Å². The number of hydrogen-bond acceptors (Lipinski definition) is 5. The van der Waals surface area contributed by atoms with E-state index in [4.69, 9.17) is 0 Å². The van der Waals surface area contributed by atoms with Crippen LogP contribution < -0.4 is 10.2 Å². The number of thiazole rings is 1. The fourth-order valence-electron chi connectivity index (χ4n) is 3.49. The number of amides is 1. The second-order valence-corrected chi connectivity index (χ2v) is 7.78. The summed E-state index contributed by atoms with van der Waals surface area (Å²) in [6.45, 7) is 4.11. The van der Waals surface area contributed by atoms with Crippen LogP contribution in [0, 0.1) is 6.92 Å². The number of benzene rings is 1. The average Bonchev–Trinajstić information content (AvgIpc) is 3.13. The third-order valence-corrected chi connectivity index (χ3v) is 5.58. The Hall–Kier alpha value is -2.73. The molecule has 3 heterocycles. The predicted octanol–water partition coefficient (Wildman–Crippen LogP) is 4.64. The van der Waals surface area contributed by atoms with Gasteiger partial charge in [0.25, 0.3) is 0 Å². The molecule has 1 aromatic carbocycles. The molecule has 6 heteroatoms. The summed E-state index contributed by atoms with van der Waals surface area (Å²) in [4.78, 5) is 23.4. The topological polar surface area (TPSA) is 58.1 Å². The van der Waals surface area contributed by atoms with E-state index in [-0.39, 0.29) is 5.91 Å². The van der Waals surface area contributed by atoms with Crippen molar-refractivity contribution in [3.05, 3.63) is 52.8 Å². The Morgan fingerprint density at radius 3 is 2.81 bits per heavy atom. The number of anilines is 2. The highest BCUT2D eigenvalue weighted by Crippen LogP contribution is 2.33. The third-order valence-electron chi connectivity index (χ3n) is 4.79. The van der Waals surface area contributed by atoms with E-state index >= 15 is 0 Å². The second kappa shape index (κ2) is 7.88. The number of carbonyl (C=O) groups excluding carboxylic acids is 1. The van der Waals surface area contributed by atoms with Gasteiger partial charge in [-0.05, 0) is 50.5 Å². The second-order valence-electron chi connectivity index (χ2n) is 6.72. The molecule has 5 nitrogen and oxygen atoms in total. The lowest BCUT2D eigenvalue weighted by Gasteiger charge is -2.30. The summed E-state index contributed by atoms with van der Waals surface area (Å²) in [5.41, 5.74) is 2.81. The maximum Gasteiger partial charge on any atom is 0.248 e. The highest BCUT2D eigenvalue weighted by molar-refractivity contribution is 7.09. The summed E-state index contributed by atoms with van der Waals surface area (Å²) >= 11 is 1.57. The first-order chi connectivity index (χ1) is 13.2. The molecule has 3 aromatic rings. The van der Waals surface area contributed by atoms with Crippen LogP contribution >= 0.6 is 11.3 Å². The molecule has 1 saturated heterocycles. The molecule has 0 spiro atoms. The largest absolute Gasteiger partial charge is 0.371 e. The zero-order valence-electron chi connectivity index (χ0n) is 15.3. The van der Waals surface area contributed by atoms with Gasteiger partial charge in [-0.1, -0.05) is 0 Å². The van der Waals surface area contributed by atoms with Crippen LogP contribution in [0.2, 0.25) is 0 Å². The number of pyridine rings is 1. The molecule has 1 amide bonds. The van der Waals surface area contributed by atoms with Crippen molar-refractivity contribution in [1.29, 1.82) is 0 Å². The van der Waals surface area contributed by atoms with Crippen LogP contribution in [0.15, 0.2) is 42.0 Å². The Bertz CT molecular complexity index is 989. The molecule has 138 valence electrons. The van der Waals surface area contributed by atoms with Gasteiger partial charge in [0, 0.05) is 53.4 Å². The van der Waals surface area contributed by atoms with Crippen molar-refractivity contribution in [3.8, 4) is 0 Å². The minimum absolute atomic E-state index is 0.170. The molecule has 1 N–H and O–H groups in total. The van der Waals surface area contributed by atoms with E-state index in [0.717, 1.165) is 40.3 Å². The summed E-state index contributed by atoms with van der Waals surface area (Å²) in [7, 11) is 0.